The predicted octanol–water partition coefficient (Wildman–Crippen LogP) is 5.22. The molecule has 2 aromatic carbocycles. The van der Waals surface area contributed by atoms with E-state index in [0.717, 1.165) is 38.5 Å². The average molecular weight is 859 g/mol. The number of hydrogen-bond donors (Lipinski definition) is 4. The Bertz CT molecular complexity index is 2070. The second-order valence-corrected chi connectivity index (χ2v) is 20.2. The van der Waals surface area contributed by atoms with E-state index >= 15 is 0 Å². The molecule has 6 unspecified atom stereocenters. The Balaban J connectivity index is 0.864. The zero-order valence-corrected chi connectivity index (χ0v) is 34.0. The first-order chi connectivity index (χ1) is 28.0. The first kappa shape index (κ1) is 40.1. The van der Waals surface area contributed by atoms with Crippen LogP contribution in [0.25, 0.3) is 0 Å². The van der Waals surface area contributed by atoms with Crippen LogP contribution in [-0.2, 0) is 59.2 Å². The first-order valence-corrected chi connectivity index (χ1v) is 22.8. The Morgan fingerprint density at radius 3 is 1.29 bits per heavy atom. The number of ether oxygens (including phenoxy) is 4. The van der Waals surface area contributed by atoms with Gasteiger partial charge in [0.15, 0.2) is 11.2 Å². The fraction of sp³-hybridized carbons (Fsp3) is 0.641. The summed E-state index contributed by atoms with van der Waals surface area (Å²) in [6.07, 6.45) is 7.79. The molecule has 4 N–H and O–H groups in total. The van der Waals surface area contributed by atoms with Crippen LogP contribution in [0.15, 0.2) is 36.4 Å². The van der Waals surface area contributed by atoms with E-state index in [1.165, 1.54) is 38.5 Å². The molecule has 12 rings (SSSR count). The zero-order valence-electron chi connectivity index (χ0n) is 32.2. The van der Waals surface area contributed by atoms with E-state index in [1.54, 1.807) is 12.1 Å². The van der Waals surface area contributed by atoms with Gasteiger partial charge in [-0.1, -0.05) is 12.1 Å². The summed E-state index contributed by atoms with van der Waals surface area (Å²) in [6, 6.07) is 12.7. The van der Waals surface area contributed by atoms with Gasteiger partial charge in [-0.2, -0.15) is 20.3 Å². The molecule has 316 valence electrons. The van der Waals surface area contributed by atoms with E-state index < -0.39 is 49.6 Å². The fourth-order valence-corrected chi connectivity index (χ4v) is 14.2. The molecule has 6 atom stereocenters. The van der Waals surface area contributed by atoms with Crippen molar-refractivity contribution in [2.45, 2.75) is 98.2 Å². The summed E-state index contributed by atoms with van der Waals surface area (Å²) in [7, 11) is -6.95. The summed E-state index contributed by atoms with van der Waals surface area (Å²) < 4.78 is 59.4. The Morgan fingerprint density at radius 2 is 1.00 bits per heavy atom. The molecule has 18 nitrogen and oxygen atoms in total. The van der Waals surface area contributed by atoms with E-state index in [4.69, 9.17) is 47.5 Å². The van der Waals surface area contributed by atoms with Gasteiger partial charge >= 0.3 is 15.6 Å². The van der Waals surface area contributed by atoms with E-state index in [9.17, 15) is 39.2 Å². The van der Waals surface area contributed by atoms with E-state index in [2.05, 4.69) is 0 Å². The molecule has 2 aliphatic heterocycles. The minimum absolute atomic E-state index is 0.0450. The normalized spacial score (nSPS) is 42.3. The molecule has 8 bridgehead atoms. The number of rotatable bonds is 12. The second-order valence-electron chi connectivity index (χ2n) is 17.8. The molecule has 0 aromatic heterocycles. The lowest BCUT2D eigenvalue weighted by Crippen LogP contribution is -2.79. The lowest BCUT2D eigenvalue weighted by Gasteiger charge is -2.71. The van der Waals surface area contributed by atoms with E-state index in [1.807, 2.05) is 12.1 Å². The summed E-state index contributed by atoms with van der Waals surface area (Å²) >= 11 is 0. The molecule has 0 radical (unpaired) electrons. The summed E-state index contributed by atoms with van der Waals surface area (Å²) in [5.74, 6) is -2.83. The van der Waals surface area contributed by atoms with Crippen LogP contribution in [0.1, 0.15) is 86.5 Å². The van der Waals surface area contributed by atoms with Gasteiger partial charge in [-0.05, 0) is 100 Å². The van der Waals surface area contributed by atoms with Crippen molar-refractivity contribution in [2.24, 2.45) is 35.5 Å². The highest BCUT2D eigenvalue weighted by Gasteiger charge is 2.80. The van der Waals surface area contributed by atoms with Crippen LogP contribution in [0, 0.1) is 58.2 Å². The van der Waals surface area contributed by atoms with E-state index in [0.29, 0.717) is 48.6 Å². The van der Waals surface area contributed by atoms with Crippen molar-refractivity contribution >= 4 is 15.6 Å². The lowest BCUT2D eigenvalue weighted by molar-refractivity contribution is -0.648. The monoisotopic (exact) mass is 858 g/mol. The molecule has 2 heterocycles. The number of phosphoric ester groups is 2. The molecule has 2 spiro atoms. The van der Waals surface area contributed by atoms with Gasteiger partial charge in [-0.3, -0.25) is 19.6 Å². The molecule has 59 heavy (non-hydrogen) atoms. The van der Waals surface area contributed by atoms with Crippen molar-refractivity contribution in [3.63, 3.8) is 0 Å². The first-order valence-electron chi connectivity index (χ1n) is 19.7. The molecule has 0 amide bonds. The van der Waals surface area contributed by atoms with Gasteiger partial charge in [0.1, 0.15) is 30.4 Å². The number of phosphoric acid groups is 2. The van der Waals surface area contributed by atoms with Crippen LogP contribution in [0.5, 0.6) is 11.5 Å². The number of nitriles is 2. The van der Waals surface area contributed by atoms with Gasteiger partial charge in [0, 0.05) is 49.0 Å². The SMILES string of the molecule is COC1(c2ccc(C#N)c(OP(=O)(O)O)c2)OOC12C1CC3CC2CC(OCOC24CC5CC(C2)C2(OOC2(OC)c2ccc(C#N)c(OP(=O)(O)O)c2)C(C5)C4)(C3)C1. The lowest BCUT2D eigenvalue weighted by atomic mass is 9.45. The fourth-order valence-electron chi connectivity index (χ4n) is 13.4. The average Bonchev–Trinajstić information content (AvgIpc) is 3.13. The molecule has 10 fully saturated rings. The maximum Gasteiger partial charge on any atom is 0.524 e. The van der Waals surface area contributed by atoms with Crippen molar-refractivity contribution < 1.29 is 76.2 Å². The zero-order chi connectivity index (χ0) is 41.4. The Labute approximate surface area is 338 Å². The molecule has 20 heteroatoms. The number of benzene rings is 2. The maximum atomic E-state index is 11.8. The summed E-state index contributed by atoms with van der Waals surface area (Å²) in [6.45, 7) is 0.0925. The van der Waals surface area contributed by atoms with Crippen molar-refractivity contribution in [3.05, 3.63) is 58.7 Å². The van der Waals surface area contributed by atoms with Gasteiger partial charge < -0.3 is 28.0 Å². The molecule has 2 aromatic rings. The Morgan fingerprint density at radius 1 is 0.627 bits per heavy atom. The van der Waals surface area contributed by atoms with Gasteiger partial charge in [0.25, 0.3) is 11.6 Å². The van der Waals surface area contributed by atoms with Crippen molar-refractivity contribution in [2.75, 3.05) is 21.0 Å². The largest absolute Gasteiger partial charge is 0.524 e. The number of hydrogen-bond acceptors (Lipinski definition) is 14. The second kappa shape index (κ2) is 13.3. The molecule has 2 saturated heterocycles. The topological polar surface area (TPSA) is 255 Å². The quantitative estimate of drug-likeness (QED) is 0.121. The predicted molar refractivity (Wildman–Crippen MR) is 194 cm³/mol. The van der Waals surface area contributed by atoms with Crippen LogP contribution < -0.4 is 9.05 Å². The number of nitrogens with zero attached hydrogens (tertiary/aromatic N) is 2. The Hall–Kier alpha value is -3.00. The minimum Gasteiger partial charge on any atom is -0.403 e. The van der Waals surface area contributed by atoms with Crippen LogP contribution in [0.2, 0.25) is 0 Å². The summed E-state index contributed by atoms with van der Waals surface area (Å²) in [4.78, 5) is 62.2. The van der Waals surface area contributed by atoms with Crippen LogP contribution in [0.3, 0.4) is 0 Å². The minimum atomic E-state index is -4.98. The molecular formula is C39H44N2O16P2. The van der Waals surface area contributed by atoms with Crippen LogP contribution in [-0.4, -0.2) is 63.0 Å². The molecule has 8 aliphatic carbocycles. The van der Waals surface area contributed by atoms with Crippen LogP contribution in [0.4, 0.5) is 0 Å². The smallest absolute Gasteiger partial charge is 0.403 e. The third-order valence-corrected chi connectivity index (χ3v) is 15.9. The van der Waals surface area contributed by atoms with Crippen molar-refractivity contribution in [1.82, 2.24) is 0 Å². The van der Waals surface area contributed by atoms with Gasteiger partial charge in [0.05, 0.1) is 22.3 Å². The highest BCUT2D eigenvalue weighted by molar-refractivity contribution is 7.47. The van der Waals surface area contributed by atoms with Crippen LogP contribution >= 0.6 is 15.6 Å². The summed E-state index contributed by atoms with van der Waals surface area (Å²) in [5.41, 5.74) is -2.02. The molecule has 8 saturated carbocycles. The van der Waals surface area contributed by atoms with Gasteiger partial charge in [-0.15, -0.1) is 0 Å². The maximum absolute atomic E-state index is 11.8. The van der Waals surface area contributed by atoms with Gasteiger partial charge in [-0.25, -0.2) is 18.9 Å². The van der Waals surface area contributed by atoms with Crippen molar-refractivity contribution in [3.8, 4) is 23.6 Å². The molecule has 10 aliphatic rings. The summed E-state index contributed by atoms with van der Waals surface area (Å²) in [5, 5.41) is 19.2. The van der Waals surface area contributed by atoms with E-state index in [-0.39, 0.29) is 53.1 Å². The highest BCUT2D eigenvalue weighted by Crippen LogP contribution is 2.73. The third kappa shape index (κ3) is 5.67. The van der Waals surface area contributed by atoms with Gasteiger partial charge in [0.2, 0.25) is 0 Å². The highest BCUT2D eigenvalue weighted by atomic mass is 31.2. The standard InChI is InChI=1S/C39H44N2O16P2/c1-48-38(26-5-3-24(19-40)32(11-26)52-58(42,43)44)36(54-56-38)28-7-22-8-29(36)16-34(13-22,15-28)50-21-51-35-14-23-9-30(17-35)37(31(10-23)18-35)39(49-2,57-55-37)27-6-4-25(20-41)33(12-27)53-59(45,46)47/h3-6,11-12,22-23,28-31H,7-10,13-18,21H2,1-2H3,(H2,42,43,44)(H2,45,46,47). The number of methoxy groups -OCH3 is 2. The molecular weight excluding hydrogens is 814 g/mol. The third-order valence-electron chi connectivity index (χ3n) is 15.0. The van der Waals surface area contributed by atoms with Crippen molar-refractivity contribution in [1.29, 1.82) is 10.5 Å². The Kier molecular flexibility index (Phi) is 9.01.